The van der Waals surface area contributed by atoms with Crippen LogP contribution in [0.2, 0.25) is 10.0 Å². The SMILES string of the molecule is CCC(CC)[C@@H]1N[C@@H](C(=O)OC[C@@H](O)CC(N)=O)[C@H](c2cccc(Cl)c2)[C@@]1(C#N)c1ccc(Cl)cc1. The Bertz CT molecular complexity index is 1120. The maximum absolute atomic E-state index is 13.5. The molecule has 0 unspecified atom stereocenters. The second-order valence-electron chi connectivity index (χ2n) is 9.17. The molecule has 36 heavy (non-hydrogen) atoms. The van der Waals surface area contributed by atoms with E-state index in [1.807, 2.05) is 18.2 Å². The predicted molar refractivity (Wildman–Crippen MR) is 138 cm³/mol. The summed E-state index contributed by atoms with van der Waals surface area (Å²) in [6.07, 6.45) is 0.0233. The number of primary amides is 1. The van der Waals surface area contributed by atoms with Gasteiger partial charge < -0.3 is 15.6 Å². The van der Waals surface area contributed by atoms with Gasteiger partial charge in [-0.25, -0.2) is 0 Å². The minimum absolute atomic E-state index is 0.0697. The van der Waals surface area contributed by atoms with E-state index in [4.69, 9.17) is 33.7 Å². The number of aliphatic hydroxyl groups excluding tert-OH is 1. The number of hydrogen-bond acceptors (Lipinski definition) is 6. The molecule has 9 heteroatoms. The van der Waals surface area contributed by atoms with Crippen LogP contribution in [0.3, 0.4) is 0 Å². The maximum Gasteiger partial charge on any atom is 0.323 e. The molecule has 0 bridgehead atoms. The molecule has 1 saturated heterocycles. The molecular weight excluding hydrogens is 501 g/mol. The van der Waals surface area contributed by atoms with E-state index in [9.17, 15) is 20.0 Å². The van der Waals surface area contributed by atoms with Crippen LogP contribution in [0.1, 0.15) is 50.2 Å². The Kier molecular flexibility index (Phi) is 9.37. The van der Waals surface area contributed by atoms with Gasteiger partial charge in [-0.05, 0) is 41.3 Å². The summed E-state index contributed by atoms with van der Waals surface area (Å²) in [4.78, 5) is 24.6. The van der Waals surface area contributed by atoms with Gasteiger partial charge in [0.15, 0.2) is 0 Å². The smallest absolute Gasteiger partial charge is 0.323 e. The highest BCUT2D eigenvalue weighted by atomic mass is 35.5. The van der Waals surface area contributed by atoms with Crippen LogP contribution in [-0.2, 0) is 19.7 Å². The normalized spacial score (nSPS) is 24.3. The molecule has 0 radical (unpaired) electrons. The van der Waals surface area contributed by atoms with Gasteiger partial charge in [-0.2, -0.15) is 5.26 Å². The maximum atomic E-state index is 13.5. The Hall–Kier alpha value is -2.63. The van der Waals surface area contributed by atoms with Gasteiger partial charge in [0.25, 0.3) is 0 Å². The first kappa shape index (κ1) is 27.9. The van der Waals surface area contributed by atoms with Crippen LogP contribution < -0.4 is 11.1 Å². The minimum Gasteiger partial charge on any atom is -0.462 e. The highest BCUT2D eigenvalue weighted by molar-refractivity contribution is 6.30. The van der Waals surface area contributed by atoms with E-state index in [1.165, 1.54) is 0 Å². The van der Waals surface area contributed by atoms with Crippen LogP contribution in [0.5, 0.6) is 0 Å². The molecule has 1 aliphatic heterocycles. The van der Waals surface area contributed by atoms with E-state index in [0.717, 1.165) is 18.4 Å². The molecule has 1 fully saturated rings. The summed E-state index contributed by atoms with van der Waals surface area (Å²) in [5.74, 6) is -1.92. The van der Waals surface area contributed by atoms with Crippen LogP contribution in [-0.4, -0.2) is 41.8 Å². The molecule has 1 amide bonds. The number of hydrogen-bond donors (Lipinski definition) is 3. The first-order valence-corrected chi connectivity index (χ1v) is 12.7. The molecule has 2 aromatic carbocycles. The summed E-state index contributed by atoms with van der Waals surface area (Å²) in [7, 11) is 0. The standard InChI is InChI=1S/C27H31Cl2N3O4/c1-3-16(4-2)25-27(15-30,18-8-10-19(28)11-9-18)23(17-6-5-7-20(29)12-17)24(32-25)26(35)36-14-21(33)13-22(31)34/h5-12,16,21,23-25,32-33H,3-4,13-14H2,1-2H3,(H2,31,34)/t21-,23-,24+,25-,27+/m0/s1. The number of nitrogens with two attached hydrogens (primary N) is 1. The van der Waals surface area contributed by atoms with Crippen molar-refractivity contribution in [1.82, 2.24) is 5.32 Å². The second-order valence-corrected chi connectivity index (χ2v) is 10.0. The first-order chi connectivity index (χ1) is 17.2. The third-order valence-corrected chi connectivity index (χ3v) is 7.50. The van der Waals surface area contributed by atoms with Crippen LogP contribution in [0, 0.1) is 17.2 Å². The van der Waals surface area contributed by atoms with Gasteiger partial charge in [-0.3, -0.25) is 14.9 Å². The Balaban J connectivity index is 2.15. The van der Waals surface area contributed by atoms with Crippen LogP contribution in [0.4, 0.5) is 0 Å². The molecule has 0 spiro atoms. The number of carbonyl (C=O) groups excluding carboxylic acids is 2. The number of nitriles is 1. The van der Waals surface area contributed by atoms with Crippen LogP contribution in [0.15, 0.2) is 48.5 Å². The molecule has 4 N–H and O–H groups in total. The predicted octanol–water partition coefficient (Wildman–Crippen LogP) is 4.09. The first-order valence-electron chi connectivity index (χ1n) is 12.0. The highest BCUT2D eigenvalue weighted by Gasteiger charge is 2.61. The molecule has 5 atom stereocenters. The number of ether oxygens (including phenoxy) is 1. The molecule has 3 rings (SSSR count). The highest BCUT2D eigenvalue weighted by Crippen LogP contribution is 2.52. The summed E-state index contributed by atoms with van der Waals surface area (Å²) >= 11 is 12.5. The molecule has 1 aliphatic rings. The van der Waals surface area contributed by atoms with E-state index >= 15 is 0 Å². The van der Waals surface area contributed by atoms with Crippen molar-refractivity contribution in [2.45, 2.75) is 62.6 Å². The fourth-order valence-corrected chi connectivity index (χ4v) is 5.68. The van der Waals surface area contributed by atoms with E-state index in [-0.39, 0.29) is 12.3 Å². The molecule has 1 heterocycles. The summed E-state index contributed by atoms with van der Waals surface area (Å²) in [6, 6.07) is 15.5. The summed E-state index contributed by atoms with van der Waals surface area (Å²) < 4.78 is 5.44. The number of aliphatic hydroxyl groups is 1. The van der Waals surface area contributed by atoms with Crippen LogP contribution >= 0.6 is 23.2 Å². The van der Waals surface area contributed by atoms with Gasteiger partial charge in [0.1, 0.15) is 18.1 Å². The zero-order valence-electron chi connectivity index (χ0n) is 20.3. The fourth-order valence-electron chi connectivity index (χ4n) is 5.35. The van der Waals surface area contributed by atoms with Crippen molar-refractivity contribution in [1.29, 1.82) is 5.26 Å². The molecule has 0 aliphatic carbocycles. The number of nitrogens with one attached hydrogen (secondary N) is 1. The Labute approximate surface area is 221 Å². The summed E-state index contributed by atoms with van der Waals surface area (Å²) in [5.41, 5.74) is 5.42. The van der Waals surface area contributed by atoms with Crippen molar-refractivity contribution in [2.24, 2.45) is 11.7 Å². The second kappa shape index (κ2) is 12.1. The van der Waals surface area contributed by atoms with Crippen molar-refractivity contribution < 1.29 is 19.4 Å². The number of carbonyl (C=O) groups is 2. The summed E-state index contributed by atoms with van der Waals surface area (Å²) in [5, 5.41) is 25.3. The Morgan fingerprint density at radius 1 is 1.17 bits per heavy atom. The number of rotatable bonds is 10. The largest absolute Gasteiger partial charge is 0.462 e. The van der Waals surface area contributed by atoms with Crippen molar-refractivity contribution in [2.75, 3.05) is 6.61 Å². The van der Waals surface area contributed by atoms with Crippen molar-refractivity contribution >= 4 is 35.1 Å². The Morgan fingerprint density at radius 2 is 1.83 bits per heavy atom. The average molecular weight is 532 g/mol. The van der Waals surface area contributed by atoms with Crippen LogP contribution in [0.25, 0.3) is 0 Å². The summed E-state index contributed by atoms with van der Waals surface area (Å²) in [6.45, 7) is 3.72. The van der Waals surface area contributed by atoms with Gasteiger partial charge in [0, 0.05) is 22.0 Å². The van der Waals surface area contributed by atoms with Crippen molar-refractivity contribution in [3.05, 3.63) is 69.7 Å². The number of benzene rings is 2. The molecule has 0 saturated carbocycles. The number of nitrogens with zero attached hydrogens (tertiary/aromatic N) is 1. The zero-order chi connectivity index (χ0) is 26.5. The van der Waals surface area contributed by atoms with Gasteiger partial charge >= 0.3 is 5.97 Å². The third-order valence-electron chi connectivity index (χ3n) is 7.02. The van der Waals surface area contributed by atoms with Gasteiger partial charge in [-0.15, -0.1) is 0 Å². The lowest BCUT2D eigenvalue weighted by molar-refractivity contribution is -0.150. The molecule has 2 aromatic rings. The number of esters is 1. The lowest BCUT2D eigenvalue weighted by atomic mass is 9.62. The van der Waals surface area contributed by atoms with E-state index in [1.54, 1.807) is 30.3 Å². The molecule has 192 valence electrons. The quantitative estimate of drug-likeness (QED) is 0.396. The molecular formula is C27H31Cl2N3O4. The third kappa shape index (κ3) is 5.68. The van der Waals surface area contributed by atoms with Crippen molar-refractivity contribution in [3.63, 3.8) is 0 Å². The number of amides is 1. The van der Waals surface area contributed by atoms with Crippen molar-refractivity contribution in [3.8, 4) is 6.07 Å². The van der Waals surface area contributed by atoms with Gasteiger partial charge in [0.05, 0.1) is 18.6 Å². The number of halogens is 2. The van der Waals surface area contributed by atoms with E-state index in [2.05, 4.69) is 25.2 Å². The van der Waals surface area contributed by atoms with E-state index < -0.39 is 48.0 Å². The molecule has 0 aromatic heterocycles. The lowest BCUT2D eigenvalue weighted by Gasteiger charge is -2.38. The minimum atomic E-state index is -1.22. The zero-order valence-corrected chi connectivity index (χ0v) is 21.8. The topological polar surface area (TPSA) is 125 Å². The average Bonchev–Trinajstić information content (AvgIpc) is 3.19. The van der Waals surface area contributed by atoms with Gasteiger partial charge in [0.2, 0.25) is 5.91 Å². The molecule has 7 nitrogen and oxygen atoms in total. The lowest BCUT2D eigenvalue weighted by Crippen LogP contribution is -2.47. The Morgan fingerprint density at radius 3 is 2.39 bits per heavy atom. The van der Waals surface area contributed by atoms with E-state index in [0.29, 0.717) is 15.6 Å². The van der Waals surface area contributed by atoms with Gasteiger partial charge in [-0.1, -0.05) is 74.2 Å². The monoisotopic (exact) mass is 531 g/mol. The fraction of sp³-hybridized carbons (Fsp3) is 0.444.